The SMILES string of the molecule is Cc1ccc(-c2nc3c(C)cccc3o2)cc1NC(=O)c1ccc(Cl)cc1. The normalized spacial score (nSPS) is 10.9. The second-order valence-corrected chi connectivity index (χ2v) is 6.87. The van der Waals surface area contributed by atoms with Crippen molar-refractivity contribution in [2.24, 2.45) is 0 Å². The van der Waals surface area contributed by atoms with Gasteiger partial charge in [-0.15, -0.1) is 0 Å². The summed E-state index contributed by atoms with van der Waals surface area (Å²) in [5, 5.41) is 3.54. The van der Waals surface area contributed by atoms with Crippen molar-refractivity contribution in [3.8, 4) is 11.5 Å². The molecule has 1 amide bonds. The predicted molar refractivity (Wildman–Crippen MR) is 108 cm³/mol. The molecule has 5 heteroatoms. The van der Waals surface area contributed by atoms with Crippen LogP contribution in [0.15, 0.2) is 65.1 Å². The van der Waals surface area contributed by atoms with E-state index in [1.165, 1.54) is 0 Å². The van der Waals surface area contributed by atoms with Gasteiger partial charge in [-0.05, 0) is 67.4 Å². The van der Waals surface area contributed by atoms with E-state index >= 15 is 0 Å². The molecule has 0 bridgehead atoms. The molecule has 3 aromatic carbocycles. The Hall–Kier alpha value is -3.11. The molecule has 1 N–H and O–H groups in total. The monoisotopic (exact) mass is 376 g/mol. The van der Waals surface area contributed by atoms with E-state index in [1.807, 2.05) is 50.2 Å². The minimum Gasteiger partial charge on any atom is -0.436 e. The molecule has 4 nitrogen and oxygen atoms in total. The fraction of sp³-hybridized carbons (Fsp3) is 0.0909. The van der Waals surface area contributed by atoms with Gasteiger partial charge in [-0.3, -0.25) is 4.79 Å². The Morgan fingerprint density at radius 2 is 1.78 bits per heavy atom. The number of para-hydroxylation sites is 1. The van der Waals surface area contributed by atoms with E-state index in [1.54, 1.807) is 24.3 Å². The van der Waals surface area contributed by atoms with Gasteiger partial charge >= 0.3 is 0 Å². The van der Waals surface area contributed by atoms with Gasteiger partial charge in [0.1, 0.15) is 5.52 Å². The van der Waals surface area contributed by atoms with E-state index in [9.17, 15) is 4.79 Å². The number of rotatable bonds is 3. The molecule has 0 fully saturated rings. The molecular formula is C22H17ClN2O2. The third kappa shape index (κ3) is 3.44. The average molecular weight is 377 g/mol. The molecule has 1 aromatic heterocycles. The number of benzene rings is 3. The van der Waals surface area contributed by atoms with Crippen LogP contribution in [0.3, 0.4) is 0 Å². The average Bonchev–Trinajstić information content (AvgIpc) is 3.10. The summed E-state index contributed by atoms with van der Waals surface area (Å²) < 4.78 is 5.89. The Balaban J connectivity index is 1.67. The van der Waals surface area contributed by atoms with Crippen LogP contribution in [-0.2, 0) is 0 Å². The first kappa shape index (κ1) is 17.3. The molecule has 0 spiro atoms. The summed E-state index contributed by atoms with van der Waals surface area (Å²) in [6, 6.07) is 18.4. The molecule has 134 valence electrons. The number of halogens is 1. The maximum atomic E-state index is 12.5. The smallest absolute Gasteiger partial charge is 0.255 e. The Kier molecular flexibility index (Phi) is 4.42. The fourth-order valence-electron chi connectivity index (χ4n) is 2.90. The zero-order valence-electron chi connectivity index (χ0n) is 14.9. The Bertz CT molecular complexity index is 1150. The van der Waals surface area contributed by atoms with E-state index in [0.29, 0.717) is 22.2 Å². The lowest BCUT2D eigenvalue weighted by Crippen LogP contribution is -2.12. The molecule has 0 radical (unpaired) electrons. The number of hydrogen-bond donors (Lipinski definition) is 1. The van der Waals surface area contributed by atoms with E-state index in [0.717, 1.165) is 27.8 Å². The molecule has 0 unspecified atom stereocenters. The van der Waals surface area contributed by atoms with Gasteiger partial charge in [-0.2, -0.15) is 0 Å². The standard InChI is InChI=1S/C22H17ClN2O2/c1-13-6-7-16(22-25-20-14(2)4-3-5-19(20)27-22)12-18(13)24-21(26)15-8-10-17(23)11-9-15/h3-12H,1-2H3,(H,24,26). The fourth-order valence-corrected chi connectivity index (χ4v) is 3.02. The minimum atomic E-state index is -0.194. The largest absolute Gasteiger partial charge is 0.436 e. The molecule has 0 atom stereocenters. The van der Waals surface area contributed by atoms with Crippen molar-refractivity contribution in [2.75, 3.05) is 5.32 Å². The number of oxazole rings is 1. The van der Waals surface area contributed by atoms with Crippen LogP contribution in [0.5, 0.6) is 0 Å². The first-order valence-corrected chi connectivity index (χ1v) is 8.93. The molecule has 0 saturated heterocycles. The van der Waals surface area contributed by atoms with Gasteiger partial charge < -0.3 is 9.73 Å². The third-order valence-electron chi connectivity index (χ3n) is 4.46. The third-order valence-corrected chi connectivity index (χ3v) is 4.71. The number of nitrogens with one attached hydrogen (secondary N) is 1. The van der Waals surface area contributed by atoms with E-state index in [2.05, 4.69) is 10.3 Å². The van der Waals surface area contributed by atoms with E-state index in [4.69, 9.17) is 16.0 Å². The zero-order chi connectivity index (χ0) is 19.0. The van der Waals surface area contributed by atoms with E-state index in [-0.39, 0.29) is 5.91 Å². The number of aromatic nitrogens is 1. The number of aryl methyl sites for hydroxylation is 2. The highest BCUT2D eigenvalue weighted by Crippen LogP contribution is 2.29. The van der Waals surface area contributed by atoms with Crippen molar-refractivity contribution in [2.45, 2.75) is 13.8 Å². The molecule has 27 heavy (non-hydrogen) atoms. The lowest BCUT2D eigenvalue weighted by atomic mass is 10.1. The summed E-state index contributed by atoms with van der Waals surface area (Å²) in [7, 11) is 0. The molecule has 0 aliphatic carbocycles. The van der Waals surface area contributed by atoms with Crippen LogP contribution in [0.2, 0.25) is 5.02 Å². The quantitative estimate of drug-likeness (QED) is 0.475. The number of carbonyl (C=O) groups is 1. The van der Waals surface area contributed by atoms with Crippen LogP contribution in [0.25, 0.3) is 22.6 Å². The van der Waals surface area contributed by atoms with Crippen LogP contribution in [0.1, 0.15) is 21.5 Å². The highest BCUT2D eigenvalue weighted by atomic mass is 35.5. The summed E-state index contributed by atoms with van der Waals surface area (Å²) in [6.45, 7) is 3.94. The van der Waals surface area contributed by atoms with Crippen LogP contribution < -0.4 is 5.32 Å². The van der Waals surface area contributed by atoms with Gasteiger partial charge in [0.05, 0.1) is 0 Å². The van der Waals surface area contributed by atoms with Gasteiger partial charge in [-0.1, -0.05) is 29.8 Å². The van der Waals surface area contributed by atoms with E-state index < -0.39 is 0 Å². The van der Waals surface area contributed by atoms with Gasteiger partial charge in [0.2, 0.25) is 5.89 Å². The van der Waals surface area contributed by atoms with Crippen molar-refractivity contribution >= 4 is 34.3 Å². The van der Waals surface area contributed by atoms with Crippen molar-refractivity contribution in [1.82, 2.24) is 4.98 Å². The van der Waals surface area contributed by atoms with Crippen LogP contribution in [0.4, 0.5) is 5.69 Å². The van der Waals surface area contributed by atoms with Crippen LogP contribution in [0, 0.1) is 13.8 Å². The molecular weight excluding hydrogens is 360 g/mol. The lowest BCUT2D eigenvalue weighted by molar-refractivity contribution is 0.102. The highest BCUT2D eigenvalue weighted by Gasteiger charge is 2.13. The Morgan fingerprint density at radius 1 is 1.00 bits per heavy atom. The minimum absolute atomic E-state index is 0.194. The number of hydrogen-bond acceptors (Lipinski definition) is 3. The van der Waals surface area contributed by atoms with Gasteiger partial charge in [0, 0.05) is 21.8 Å². The molecule has 1 heterocycles. The summed E-state index contributed by atoms with van der Waals surface area (Å²) >= 11 is 5.89. The molecule has 4 aromatic rings. The van der Waals surface area contributed by atoms with Gasteiger partial charge in [0.25, 0.3) is 5.91 Å². The Morgan fingerprint density at radius 3 is 2.52 bits per heavy atom. The lowest BCUT2D eigenvalue weighted by Gasteiger charge is -2.10. The topological polar surface area (TPSA) is 55.1 Å². The molecule has 0 saturated carbocycles. The summed E-state index contributed by atoms with van der Waals surface area (Å²) in [4.78, 5) is 17.1. The second kappa shape index (κ2) is 6.89. The number of carbonyl (C=O) groups excluding carboxylic acids is 1. The van der Waals surface area contributed by atoms with Crippen molar-refractivity contribution < 1.29 is 9.21 Å². The maximum absolute atomic E-state index is 12.5. The molecule has 4 rings (SSSR count). The highest BCUT2D eigenvalue weighted by molar-refractivity contribution is 6.30. The number of fused-ring (bicyclic) bond motifs is 1. The first-order valence-electron chi connectivity index (χ1n) is 8.55. The van der Waals surface area contributed by atoms with Crippen molar-refractivity contribution in [3.63, 3.8) is 0 Å². The first-order chi connectivity index (χ1) is 13.0. The summed E-state index contributed by atoms with van der Waals surface area (Å²) in [5.74, 6) is 0.335. The molecule has 0 aliphatic heterocycles. The maximum Gasteiger partial charge on any atom is 0.255 e. The number of nitrogens with zero attached hydrogens (tertiary/aromatic N) is 1. The van der Waals surface area contributed by atoms with Crippen LogP contribution >= 0.6 is 11.6 Å². The Labute approximate surface area is 161 Å². The van der Waals surface area contributed by atoms with Gasteiger partial charge in [-0.25, -0.2) is 4.98 Å². The van der Waals surface area contributed by atoms with Crippen LogP contribution in [-0.4, -0.2) is 10.9 Å². The van der Waals surface area contributed by atoms with Crippen molar-refractivity contribution in [1.29, 1.82) is 0 Å². The number of anilines is 1. The summed E-state index contributed by atoms with van der Waals surface area (Å²) in [5.41, 5.74) is 5.67. The van der Waals surface area contributed by atoms with Crippen molar-refractivity contribution in [3.05, 3.63) is 82.4 Å². The zero-order valence-corrected chi connectivity index (χ0v) is 15.7. The number of amides is 1. The molecule has 0 aliphatic rings. The summed E-state index contributed by atoms with van der Waals surface area (Å²) in [6.07, 6.45) is 0. The predicted octanol–water partition coefficient (Wildman–Crippen LogP) is 6.02. The van der Waals surface area contributed by atoms with Gasteiger partial charge in [0.15, 0.2) is 5.58 Å². The second-order valence-electron chi connectivity index (χ2n) is 6.43.